The number of hydrogen-bond donors (Lipinski definition) is 1. The van der Waals surface area contributed by atoms with Crippen LogP contribution in [-0.4, -0.2) is 23.2 Å². The summed E-state index contributed by atoms with van der Waals surface area (Å²) in [6, 6.07) is 41.7. The molecule has 1 aliphatic heterocycles. The van der Waals surface area contributed by atoms with Crippen LogP contribution in [0.25, 0.3) is 71.2 Å². The Morgan fingerprint density at radius 2 is 1.12 bits per heavy atom. The van der Waals surface area contributed by atoms with Crippen molar-refractivity contribution in [1.82, 2.24) is 4.98 Å². The molecular weight excluding hydrogens is 661 g/mol. The summed E-state index contributed by atoms with van der Waals surface area (Å²) in [5.74, 6) is 1.59. The van der Waals surface area contributed by atoms with Gasteiger partial charge in [0.25, 0.3) is 0 Å². The topological polar surface area (TPSA) is 63.6 Å². The van der Waals surface area contributed by atoms with Crippen molar-refractivity contribution in [2.45, 2.75) is 18.6 Å². The molecule has 6 heteroatoms. The molecule has 4 nitrogen and oxygen atoms in total. The molecular formula is C45H36N4S2. The van der Waals surface area contributed by atoms with Crippen molar-refractivity contribution >= 4 is 84.7 Å². The highest BCUT2D eigenvalue weighted by Crippen LogP contribution is 2.49. The van der Waals surface area contributed by atoms with E-state index in [0.29, 0.717) is 0 Å². The van der Waals surface area contributed by atoms with E-state index in [1.54, 1.807) is 35.9 Å². The third-order valence-corrected chi connectivity index (χ3v) is 11.0. The summed E-state index contributed by atoms with van der Waals surface area (Å²) < 4.78 is 0. The van der Waals surface area contributed by atoms with E-state index in [9.17, 15) is 0 Å². The van der Waals surface area contributed by atoms with Crippen molar-refractivity contribution in [3.05, 3.63) is 156 Å². The minimum absolute atomic E-state index is 0.754. The molecule has 8 rings (SSSR count). The lowest BCUT2D eigenvalue weighted by Gasteiger charge is -2.23. The predicted molar refractivity (Wildman–Crippen MR) is 226 cm³/mol. The lowest BCUT2D eigenvalue weighted by molar-refractivity contribution is 1.06. The van der Waals surface area contributed by atoms with Crippen molar-refractivity contribution in [1.29, 1.82) is 0 Å². The molecule has 7 aromatic rings. The molecule has 0 radical (unpaired) electrons. The Kier molecular flexibility index (Phi) is 9.52. The fourth-order valence-electron chi connectivity index (χ4n) is 7.38. The molecule has 248 valence electrons. The first-order valence-electron chi connectivity index (χ1n) is 17.1. The molecule has 0 bridgehead atoms. The molecule has 1 aromatic heterocycles. The summed E-state index contributed by atoms with van der Waals surface area (Å²) >= 11 is 3.36. The number of nitrogens with two attached hydrogens (primary N) is 1. The van der Waals surface area contributed by atoms with Crippen LogP contribution in [0, 0.1) is 0 Å². The molecule has 2 N–H and O–H groups in total. The van der Waals surface area contributed by atoms with Crippen molar-refractivity contribution in [3.63, 3.8) is 0 Å². The van der Waals surface area contributed by atoms with Gasteiger partial charge in [0.15, 0.2) is 0 Å². The predicted octanol–water partition coefficient (Wildman–Crippen LogP) is 12.2. The zero-order chi connectivity index (χ0) is 34.6. The van der Waals surface area contributed by atoms with Gasteiger partial charge in [-0.15, -0.1) is 23.5 Å². The van der Waals surface area contributed by atoms with Gasteiger partial charge >= 0.3 is 0 Å². The Morgan fingerprint density at radius 3 is 1.65 bits per heavy atom. The van der Waals surface area contributed by atoms with Crippen LogP contribution in [0.2, 0.25) is 0 Å². The average molecular weight is 697 g/mol. The number of hydrogen-bond acceptors (Lipinski definition) is 6. The van der Waals surface area contributed by atoms with Crippen LogP contribution >= 0.6 is 23.5 Å². The molecule has 1 aliphatic rings. The second-order valence-corrected chi connectivity index (χ2v) is 14.2. The molecule has 0 atom stereocenters. The smallest absolute Gasteiger partial charge is 0.0718 e. The average Bonchev–Trinajstić information content (AvgIpc) is 3.18. The van der Waals surface area contributed by atoms with E-state index in [-0.39, 0.29) is 0 Å². The second-order valence-electron chi connectivity index (χ2n) is 12.4. The van der Waals surface area contributed by atoms with Crippen LogP contribution in [0.5, 0.6) is 0 Å². The maximum Gasteiger partial charge on any atom is 0.0718 e. The zero-order valence-corrected chi connectivity index (χ0v) is 29.8. The molecule has 0 aliphatic carbocycles. The van der Waals surface area contributed by atoms with Gasteiger partial charge in [0, 0.05) is 40.7 Å². The molecule has 51 heavy (non-hydrogen) atoms. The van der Waals surface area contributed by atoms with Crippen molar-refractivity contribution in [2.24, 2.45) is 15.7 Å². The van der Waals surface area contributed by atoms with E-state index in [0.717, 1.165) is 47.0 Å². The zero-order valence-electron chi connectivity index (χ0n) is 28.1. The first kappa shape index (κ1) is 32.8. The minimum Gasteiger partial charge on any atom is -0.404 e. The number of rotatable bonds is 10. The monoisotopic (exact) mass is 696 g/mol. The Balaban J connectivity index is 1.40. The number of aromatic nitrogens is 1. The molecule has 0 fully saturated rings. The third kappa shape index (κ3) is 6.26. The van der Waals surface area contributed by atoms with Crippen LogP contribution in [0.1, 0.15) is 24.1 Å². The van der Waals surface area contributed by atoms with E-state index in [2.05, 4.69) is 133 Å². The number of fused-ring (bicyclic) bond motifs is 4. The number of benzene rings is 6. The van der Waals surface area contributed by atoms with E-state index < -0.39 is 0 Å². The second kappa shape index (κ2) is 14.8. The SMILES string of the molecule is C=N/C=C\SCC1=NC(c2c3ccccc3c(-c3c4ccccc4c(-c4cccc(CS/C=C\N)n4)c4ccccc34)c3ccccc23)=CCC1. The Hall–Kier alpha value is -5.43. The summed E-state index contributed by atoms with van der Waals surface area (Å²) in [4.78, 5) is 14.3. The van der Waals surface area contributed by atoms with E-state index in [4.69, 9.17) is 15.7 Å². The first-order valence-corrected chi connectivity index (χ1v) is 19.2. The highest BCUT2D eigenvalue weighted by Gasteiger charge is 2.23. The molecule has 2 heterocycles. The van der Waals surface area contributed by atoms with Gasteiger partial charge in [-0.05, 0) is 96.7 Å². The van der Waals surface area contributed by atoms with Crippen LogP contribution in [0.3, 0.4) is 0 Å². The van der Waals surface area contributed by atoms with Crippen LogP contribution < -0.4 is 5.73 Å². The molecule has 0 saturated heterocycles. The van der Waals surface area contributed by atoms with Crippen LogP contribution in [-0.2, 0) is 5.75 Å². The van der Waals surface area contributed by atoms with Crippen molar-refractivity contribution in [2.75, 3.05) is 5.75 Å². The molecule has 6 aromatic carbocycles. The minimum atomic E-state index is 0.754. The molecule has 0 amide bonds. The highest BCUT2D eigenvalue weighted by atomic mass is 32.2. The quantitative estimate of drug-likeness (QED) is 0.114. The van der Waals surface area contributed by atoms with Gasteiger partial charge in [0.2, 0.25) is 0 Å². The van der Waals surface area contributed by atoms with Crippen molar-refractivity contribution in [3.8, 4) is 22.4 Å². The van der Waals surface area contributed by atoms with E-state index in [1.807, 2.05) is 10.8 Å². The Morgan fingerprint density at radius 1 is 0.608 bits per heavy atom. The van der Waals surface area contributed by atoms with Gasteiger partial charge in [-0.25, -0.2) is 0 Å². The Bertz CT molecular complexity index is 2470. The van der Waals surface area contributed by atoms with Crippen LogP contribution in [0.4, 0.5) is 0 Å². The highest BCUT2D eigenvalue weighted by molar-refractivity contribution is 8.02. The van der Waals surface area contributed by atoms with E-state index in [1.165, 1.54) is 65.5 Å². The van der Waals surface area contributed by atoms with Gasteiger partial charge in [-0.2, -0.15) is 0 Å². The summed E-state index contributed by atoms with van der Waals surface area (Å²) in [5, 5.41) is 13.5. The number of nitrogens with zero attached hydrogens (tertiary/aromatic N) is 3. The van der Waals surface area contributed by atoms with E-state index >= 15 is 0 Å². The number of pyridine rings is 1. The van der Waals surface area contributed by atoms with Gasteiger partial charge in [0.05, 0.1) is 17.1 Å². The first-order chi connectivity index (χ1) is 25.3. The lowest BCUT2D eigenvalue weighted by Crippen LogP contribution is -2.06. The van der Waals surface area contributed by atoms with Gasteiger partial charge in [-0.1, -0.05) is 109 Å². The third-order valence-electron chi connectivity index (χ3n) is 9.40. The Labute approximate surface area is 306 Å². The summed E-state index contributed by atoms with van der Waals surface area (Å²) in [5.41, 5.74) is 14.7. The fraction of sp³-hybridized carbons (Fsp3) is 0.0889. The maximum absolute atomic E-state index is 5.61. The molecule has 0 saturated carbocycles. The van der Waals surface area contributed by atoms with Crippen LogP contribution in [0.15, 0.2) is 155 Å². The fourth-order valence-corrected chi connectivity index (χ4v) is 8.58. The summed E-state index contributed by atoms with van der Waals surface area (Å²) in [7, 11) is 0. The molecule has 0 unspecified atom stereocenters. The normalized spacial score (nSPS) is 13.5. The van der Waals surface area contributed by atoms with Gasteiger partial charge in [0.1, 0.15) is 0 Å². The summed E-state index contributed by atoms with van der Waals surface area (Å²) in [6.07, 6.45) is 7.56. The van der Waals surface area contributed by atoms with Gasteiger partial charge < -0.3 is 5.73 Å². The molecule has 0 spiro atoms. The van der Waals surface area contributed by atoms with Gasteiger partial charge in [-0.3, -0.25) is 15.0 Å². The number of thioether (sulfide) groups is 2. The largest absolute Gasteiger partial charge is 0.404 e. The van der Waals surface area contributed by atoms with Crippen molar-refractivity contribution < 1.29 is 0 Å². The maximum atomic E-state index is 5.61. The lowest BCUT2D eigenvalue weighted by atomic mass is 9.82. The number of allylic oxidation sites excluding steroid dienone is 1. The number of aliphatic imine (C=N–C) groups is 2. The standard InChI is InChI=1S/C45H36N4S2/c1-47-25-27-51-29-31-13-11-23-41(49-31)43-34-16-4-8-20-38(34)45(39-21-9-5-17-35(39)43)44-36-18-6-2-14-32(36)42(33-15-3-7-19-37(33)44)40-22-10-12-30(48-40)28-50-26-24-46/h2-10,12,14-27H,1,11,13,28-29,46H2/b26-24-,27-25-. The summed E-state index contributed by atoms with van der Waals surface area (Å²) in [6.45, 7) is 3.55.